The predicted molar refractivity (Wildman–Crippen MR) is 344 cm³/mol. The fourth-order valence-electron chi connectivity index (χ4n) is 11.4. The van der Waals surface area contributed by atoms with Gasteiger partial charge in [-0.2, -0.15) is 5.09 Å². The van der Waals surface area contributed by atoms with Gasteiger partial charge in [0, 0.05) is 34.0 Å². The number of unbranched alkanes of at least 4 members (excludes halogenated alkanes) is 22. The molecule has 0 unspecified atom stereocenters. The van der Waals surface area contributed by atoms with E-state index in [0.29, 0.717) is 13.2 Å². The molecule has 478 valence electrons. The van der Waals surface area contributed by atoms with Crippen LogP contribution in [0.25, 0.3) is 0 Å². The number of aliphatic hydroxyl groups excluding tert-OH is 2. The topological polar surface area (TPSA) is 178 Å². The molecule has 0 amide bonds. The molecule has 0 radical (unpaired) electrons. The van der Waals surface area contributed by atoms with Gasteiger partial charge in [0.15, 0.2) is 25.9 Å². The maximum atomic E-state index is 13.4. The molecule has 1 fully saturated rings. The van der Waals surface area contributed by atoms with Gasteiger partial charge in [0.05, 0.1) is 19.8 Å². The van der Waals surface area contributed by atoms with Gasteiger partial charge in [-0.25, -0.2) is 0 Å². The van der Waals surface area contributed by atoms with Gasteiger partial charge in [-0.05, 0) is 54.8 Å². The van der Waals surface area contributed by atoms with Crippen molar-refractivity contribution in [2.24, 2.45) is 0 Å². The second-order valence-electron chi connectivity index (χ2n) is 23.2. The Morgan fingerprint density at radius 1 is 0.512 bits per heavy atom. The Morgan fingerprint density at radius 3 is 1.37 bits per heavy atom. The molecule has 86 heavy (non-hydrogen) atoms. The number of carbonyl (C=O) groups is 3. The quantitative estimate of drug-likeness (QED) is 0.0165. The summed E-state index contributed by atoms with van der Waals surface area (Å²) in [5.41, 5.74) is 0.826. The molecule has 0 aromatic heterocycles. The lowest BCUT2D eigenvalue weighted by Crippen LogP contribution is -2.67. The molecule has 4 aromatic carbocycles. The normalized spacial score (nSPS) is 18.4. The third-order valence-corrected chi connectivity index (χ3v) is 19.9. The van der Waals surface area contributed by atoms with E-state index in [2.05, 4.69) is 18.9 Å². The fraction of sp³-hybridized carbons (Fsp3) is 0.620. The average molecular weight is 1210 g/mol. The molecule has 0 spiro atoms. The Kier molecular flexibility index (Phi) is 36.2. The van der Waals surface area contributed by atoms with Crippen molar-refractivity contribution in [2.75, 3.05) is 33.0 Å². The number of benzene rings is 4. The first kappa shape index (κ1) is 72.1. The van der Waals surface area contributed by atoms with E-state index in [1.807, 2.05) is 121 Å². The second kappa shape index (κ2) is 43.1. The first-order valence-electron chi connectivity index (χ1n) is 32.8. The van der Waals surface area contributed by atoms with E-state index >= 15 is 0 Å². The summed E-state index contributed by atoms with van der Waals surface area (Å²) in [5, 5.41) is 31.9. The molecular weight excluding hydrogens is 1110 g/mol. The van der Waals surface area contributed by atoms with E-state index in [4.69, 9.17) is 37.9 Å². The van der Waals surface area contributed by atoms with Crippen LogP contribution in [0.15, 0.2) is 121 Å². The van der Waals surface area contributed by atoms with Crippen LogP contribution < -0.4 is 21.0 Å². The van der Waals surface area contributed by atoms with Gasteiger partial charge in [0.1, 0.15) is 59.1 Å². The molecular formula is C71H107NO13P+. The van der Waals surface area contributed by atoms with Crippen LogP contribution in [0, 0.1) is 0 Å². The van der Waals surface area contributed by atoms with Crippen LogP contribution in [-0.2, 0) is 58.9 Å². The number of ether oxygens (including phenoxy) is 8. The van der Waals surface area contributed by atoms with Gasteiger partial charge >= 0.3 is 17.9 Å². The van der Waals surface area contributed by atoms with E-state index in [1.54, 1.807) is 0 Å². The van der Waals surface area contributed by atoms with Gasteiger partial charge < -0.3 is 48.1 Å². The van der Waals surface area contributed by atoms with Crippen molar-refractivity contribution in [3.8, 4) is 0 Å². The fourth-order valence-corrected chi connectivity index (χ4v) is 15.3. The minimum absolute atomic E-state index is 0.0518. The summed E-state index contributed by atoms with van der Waals surface area (Å²) < 4.78 is 50.8. The molecule has 3 N–H and O–H groups in total. The number of rotatable bonds is 47. The SMILES string of the molecule is CCCCCCCCCCCCCCOC[C@@H](OCCCCCCCCCCCCCC)[C@@H](O)[C@H](OCc1ccccc1)[C@@H](O)CO[C@@H]1O[C@H](COC(C)=O)[C@@H](OC(C)=O)[C@H](OC(C)=O)[C@H]1N[P+](c1ccccc1)(c1ccccc1)c1ccccc1. The highest BCUT2D eigenvalue weighted by atomic mass is 31.2. The third kappa shape index (κ3) is 26.2. The predicted octanol–water partition coefficient (Wildman–Crippen LogP) is 13.1. The summed E-state index contributed by atoms with van der Waals surface area (Å²) in [7, 11) is -3.04. The molecule has 9 atom stereocenters. The molecule has 0 bridgehead atoms. The first-order valence-corrected chi connectivity index (χ1v) is 34.6. The molecule has 0 aliphatic carbocycles. The standard InChI is InChI=1S/C71H107NO13P/c1-6-8-10-12-14-16-18-20-22-24-26-40-50-78-54-64(79-51-41-27-25-23-21-19-17-15-13-11-9-7-2)67(77)68(81-52-59-42-32-28-33-43-59)63(76)53-82-71-66(70(84-58(5)75)69(83-57(4)74)65(85-71)55-80-56(3)73)72-86(60-44-34-29-35-45-60,61-46-36-30-37-47-61)62-48-38-31-39-49-62/h28-39,42-49,63-72,76-77H,6-27,40-41,50-55H2,1-5H3/q+1/t63-,64+,65+,66+,67+,68+,69+,70+,71+/m0/s1. The zero-order chi connectivity index (χ0) is 61.5. The Balaban J connectivity index is 1.43. The van der Waals surface area contributed by atoms with Crippen molar-refractivity contribution < 1.29 is 62.5 Å². The smallest absolute Gasteiger partial charge is 0.303 e. The van der Waals surface area contributed by atoms with Crippen molar-refractivity contribution in [1.29, 1.82) is 0 Å². The van der Waals surface area contributed by atoms with Gasteiger partial charge in [0.25, 0.3) is 0 Å². The van der Waals surface area contributed by atoms with Gasteiger partial charge in [-0.3, -0.25) is 14.4 Å². The zero-order valence-electron chi connectivity index (χ0n) is 52.8. The summed E-state index contributed by atoms with van der Waals surface area (Å²) in [6.07, 6.45) is 19.0. The molecule has 14 nitrogen and oxygen atoms in total. The number of aliphatic hydroxyl groups is 2. The van der Waals surface area contributed by atoms with Crippen LogP contribution in [-0.4, -0.2) is 116 Å². The van der Waals surface area contributed by atoms with E-state index in [9.17, 15) is 24.6 Å². The maximum absolute atomic E-state index is 13.4. The van der Waals surface area contributed by atoms with Crippen LogP contribution >= 0.6 is 7.41 Å². The van der Waals surface area contributed by atoms with Crippen LogP contribution in [0.3, 0.4) is 0 Å². The Bertz CT molecular complexity index is 2270. The number of hydrogen-bond acceptors (Lipinski definition) is 14. The van der Waals surface area contributed by atoms with Crippen molar-refractivity contribution in [1.82, 2.24) is 5.09 Å². The lowest BCUT2D eigenvalue weighted by Gasteiger charge is -2.46. The highest BCUT2D eigenvalue weighted by Gasteiger charge is 2.58. The van der Waals surface area contributed by atoms with Crippen molar-refractivity contribution >= 4 is 41.2 Å². The molecule has 1 saturated heterocycles. The molecule has 1 aliphatic heterocycles. The molecule has 15 heteroatoms. The summed E-state index contributed by atoms with van der Waals surface area (Å²) in [4.78, 5) is 38.9. The second-order valence-corrected chi connectivity index (χ2v) is 26.4. The highest BCUT2D eigenvalue weighted by molar-refractivity contribution is 7.94. The Labute approximate surface area is 516 Å². The first-order chi connectivity index (χ1) is 42.0. The summed E-state index contributed by atoms with van der Waals surface area (Å²) in [5.74, 6) is -1.98. The van der Waals surface area contributed by atoms with E-state index in [-0.39, 0.29) is 13.2 Å². The lowest BCUT2D eigenvalue weighted by atomic mass is 9.96. The summed E-state index contributed by atoms with van der Waals surface area (Å²) in [6.45, 7) is 8.43. The third-order valence-electron chi connectivity index (χ3n) is 16.0. The number of carbonyl (C=O) groups excluding carboxylic acids is 3. The molecule has 5 rings (SSSR count). The average Bonchev–Trinajstić information content (AvgIpc) is 0.786. The Morgan fingerprint density at radius 2 is 0.930 bits per heavy atom. The number of esters is 3. The molecule has 4 aromatic rings. The summed E-state index contributed by atoms with van der Waals surface area (Å²) >= 11 is 0. The van der Waals surface area contributed by atoms with Gasteiger partial charge in [-0.1, -0.05) is 240 Å². The minimum atomic E-state index is -3.04. The van der Waals surface area contributed by atoms with Crippen molar-refractivity contribution in [3.63, 3.8) is 0 Å². The van der Waals surface area contributed by atoms with Crippen molar-refractivity contribution in [2.45, 2.75) is 250 Å². The molecule has 1 heterocycles. The summed E-state index contributed by atoms with van der Waals surface area (Å²) in [6, 6.07) is 38.2. The van der Waals surface area contributed by atoms with Crippen LogP contribution in [0.1, 0.15) is 194 Å². The van der Waals surface area contributed by atoms with E-state index in [1.165, 1.54) is 136 Å². The number of nitrogens with one attached hydrogen (secondary N) is 1. The molecule has 1 aliphatic rings. The highest BCUT2D eigenvalue weighted by Crippen LogP contribution is 2.53. The van der Waals surface area contributed by atoms with Crippen LogP contribution in [0.5, 0.6) is 0 Å². The number of hydrogen-bond donors (Lipinski definition) is 3. The van der Waals surface area contributed by atoms with Gasteiger partial charge in [-0.15, -0.1) is 0 Å². The minimum Gasteiger partial charge on any atom is -0.463 e. The maximum Gasteiger partial charge on any atom is 0.303 e. The Hall–Kier alpha value is -4.60. The molecule has 0 saturated carbocycles. The van der Waals surface area contributed by atoms with Gasteiger partial charge in [0.2, 0.25) is 0 Å². The zero-order valence-corrected chi connectivity index (χ0v) is 53.7. The van der Waals surface area contributed by atoms with Crippen LogP contribution in [0.4, 0.5) is 0 Å². The van der Waals surface area contributed by atoms with E-state index in [0.717, 1.165) is 60.0 Å². The largest absolute Gasteiger partial charge is 0.463 e. The van der Waals surface area contributed by atoms with Crippen molar-refractivity contribution in [3.05, 3.63) is 127 Å². The van der Waals surface area contributed by atoms with Crippen LogP contribution in [0.2, 0.25) is 0 Å². The van der Waals surface area contributed by atoms with E-state index < -0.39 is 93.6 Å². The monoisotopic (exact) mass is 1210 g/mol. The lowest BCUT2D eigenvalue weighted by molar-refractivity contribution is -0.283.